The number of imidazole rings is 1. The van der Waals surface area contributed by atoms with Crippen molar-refractivity contribution in [1.82, 2.24) is 19.9 Å². The van der Waals surface area contributed by atoms with E-state index >= 15 is 0 Å². The number of carbonyl (C=O) groups is 1. The summed E-state index contributed by atoms with van der Waals surface area (Å²) in [6.45, 7) is 3.86. The van der Waals surface area contributed by atoms with E-state index < -0.39 is 17.6 Å². The lowest BCUT2D eigenvalue weighted by atomic mass is 10.1. The topological polar surface area (TPSA) is 83.1 Å². The van der Waals surface area contributed by atoms with Crippen LogP contribution in [0.1, 0.15) is 21.5 Å². The number of halogens is 4. The summed E-state index contributed by atoms with van der Waals surface area (Å²) in [4.78, 5) is 26.8. The molecule has 4 aromatic rings. The van der Waals surface area contributed by atoms with Crippen molar-refractivity contribution in [2.75, 3.05) is 31.6 Å². The van der Waals surface area contributed by atoms with Crippen LogP contribution < -0.4 is 5.32 Å². The molecule has 2 N–H and O–H groups in total. The minimum atomic E-state index is -4.63. The molecule has 0 radical (unpaired) electrons. The zero-order valence-corrected chi connectivity index (χ0v) is 19.7. The number of anilines is 1. The summed E-state index contributed by atoms with van der Waals surface area (Å²) in [7, 11) is 0. The van der Waals surface area contributed by atoms with E-state index in [1.807, 2.05) is 6.07 Å². The molecular formula is C25H21ClF3N5O2. The van der Waals surface area contributed by atoms with E-state index in [1.165, 1.54) is 12.1 Å². The molecule has 7 nitrogen and oxygen atoms in total. The average molecular weight is 516 g/mol. The summed E-state index contributed by atoms with van der Waals surface area (Å²) in [6.07, 6.45) is -2.92. The molecule has 1 amide bonds. The zero-order valence-electron chi connectivity index (χ0n) is 18.9. The fourth-order valence-electron chi connectivity index (χ4n) is 4.09. The van der Waals surface area contributed by atoms with E-state index in [0.717, 1.165) is 31.3 Å². The molecule has 1 aliphatic heterocycles. The summed E-state index contributed by atoms with van der Waals surface area (Å²) in [5.41, 5.74) is 0.814. The first-order valence-corrected chi connectivity index (χ1v) is 11.6. The van der Waals surface area contributed by atoms with E-state index in [1.54, 1.807) is 30.5 Å². The highest BCUT2D eigenvalue weighted by molar-refractivity contribution is 6.30. The van der Waals surface area contributed by atoms with Gasteiger partial charge in [-0.15, -0.1) is 0 Å². The van der Waals surface area contributed by atoms with Crippen molar-refractivity contribution in [3.05, 3.63) is 76.4 Å². The van der Waals surface area contributed by atoms with E-state index in [4.69, 9.17) is 16.3 Å². The SMILES string of the molecule is O=C(Nc1ccc(CN2CCOCC2)cn1)c1cccc2[nH]c(-c3ccc(Cl)cc3C(F)(F)F)nc12. The normalized spacial score (nSPS) is 14.8. The number of aromatic amines is 1. The number of morpholine rings is 1. The van der Waals surface area contributed by atoms with Crippen LogP contribution in [0.5, 0.6) is 0 Å². The van der Waals surface area contributed by atoms with Gasteiger partial charge in [0.2, 0.25) is 0 Å². The number of benzene rings is 2. The van der Waals surface area contributed by atoms with Crippen LogP contribution in [0, 0.1) is 0 Å². The Balaban J connectivity index is 1.38. The third-order valence-electron chi connectivity index (χ3n) is 5.88. The number of para-hydroxylation sites is 1. The number of rotatable bonds is 5. The number of hydrogen-bond donors (Lipinski definition) is 2. The molecule has 2 aromatic heterocycles. The van der Waals surface area contributed by atoms with Gasteiger partial charge in [-0.1, -0.05) is 23.7 Å². The smallest absolute Gasteiger partial charge is 0.379 e. The molecule has 11 heteroatoms. The van der Waals surface area contributed by atoms with Crippen LogP contribution in [0.15, 0.2) is 54.7 Å². The molecule has 0 saturated carbocycles. The molecule has 1 saturated heterocycles. The van der Waals surface area contributed by atoms with Crippen molar-refractivity contribution >= 4 is 34.4 Å². The number of amides is 1. The first kappa shape index (κ1) is 24.2. The molecule has 0 unspecified atom stereocenters. The Morgan fingerprint density at radius 2 is 1.94 bits per heavy atom. The predicted octanol–water partition coefficient (Wildman–Crippen LogP) is 5.38. The summed E-state index contributed by atoms with van der Waals surface area (Å²) in [5, 5.41) is 2.70. The maximum atomic E-state index is 13.6. The lowest BCUT2D eigenvalue weighted by Crippen LogP contribution is -2.35. The van der Waals surface area contributed by atoms with Gasteiger partial charge in [-0.2, -0.15) is 13.2 Å². The second-order valence-electron chi connectivity index (χ2n) is 8.37. The third-order valence-corrected chi connectivity index (χ3v) is 6.11. The van der Waals surface area contributed by atoms with Crippen LogP contribution in [0.2, 0.25) is 5.02 Å². The fourth-order valence-corrected chi connectivity index (χ4v) is 4.27. The number of hydrogen-bond acceptors (Lipinski definition) is 5. The minimum Gasteiger partial charge on any atom is -0.379 e. The monoisotopic (exact) mass is 515 g/mol. The summed E-state index contributed by atoms with van der Waals surface area (Å²) >= 11 is 5.79. The van der Waals surface area contributed by atoms with Gasteiger partial charge in [-0.25, -0.2) is 9.97 Å². The molecule has 186 valence electrons. The van der Waals surface area contributed by atoms with Crippen LogP contribution in [0.4, 0.5) is 19.0 Å². The van der Waals surface area contributed by atoms with Crippen LogP contribution >= 0.6 is 11.6 Å². The number of nitrogens with one attached hydrogen (secondary N) is 2. The molecule has 2 aromatic carbocycles. The molecule has 0 aliphatic carbocycles. The van der Waals surface area contributed by atoms with Crippen LogP contribution in [-0.2, 0) is 17.5 Å². The lowest BCUT2D eigenvalue weighted by Gasteiger charge is -2.26. The van der Waals surface area contributed by atoms with Gasteiger partial charge in [-0.3, -0.25) is 9.69 Å². The quantitative estimate of drug-likeness (QED) is 0.373. The Morgan fingerprint density at radius 1 is 1.14 bits per heavy atom. The number of ether oxygens (including phenoxy) is 1. The van der Waals surface area contributed by atoms with Gasteiger partial charge in [0.25, 0.3) is 5.91 Å². The van der Waals surface area contributed by atoms with Crippen LogP contribution in [-0.4, -0.2) is 52.1 Å². The highest BCUT2D eigenvalue weighted by Gasteiger charge is 2.35. The van der Waals surface area contributed by atoms with Crippen molar-refractivity contribution in [3.63, 3.8) is 0 Å². The number of alkyl halides is 3. The van der Waals surface area contributed by atoms with Gasteiger partial charge in [0.15, 0.2) is 0 Å². The second kappa shape index (κ2) is 9.88. The zero-order chi connectivity index (χ0) is 25.3. The number of pyridine rings is 1. The summed E-state index contributed by atoms with van der Waals surface area (Å²) in [6, 6.07) is 11.9. The molecule has 1 fully saturated rings. The Labute approximate surface area is 209 Å². The fraction of sp³-hybridized carbons (Fsp3) is 0.240. The van der Waals surface area contributed by atoms with Gasteiger partial charge < -0.3 is 15.0 Å². The highest BCUT2D eigenvalue weighted by atomic mass is 35.5. The minimum absolute atomic E-state index is 0.0140. The molecular weight excluding hydrogens is 495 g/mol. The maximum Gasteiger partial charge on any atom is 0.417 e. The standard InChI is InChI=1S/C25H21ClF3N5O2/c26-16-5-6-17(19(12-16)25(27,28)29)23-31-20-3-1-2-18(22(20)33-23)24(35)32-21-7-4-15(13-30-21)14-34-8-10-36-11-9-34/h1-7,12-13H,8-11,14H2,(H,31,33)(H,30,32,35). The summed E-state index contributed by atoms with van der Waals surface area (Å²) < 4.78 is 46.2. The van der Waals surface area contributed by atoms with Gasteiger partial charge in [0, 0.05) is 36.4 Å². The second-order valence-corrected chi connectivity index (χ2v) is 8.81. The molecule has 0 spiro atoms. The van der Waals surface area contributed by atoms with Gasteiger partial charge in [0.05, 0.1) is 29.9 Å². The molecule has 5 rings (SSSR count). The molecule has 3 heterocycles. The average Bonchev–Trinajstić information content (AvgIpc) is 3.29. The van der Waals surface area contributed by atoms with E-state index in [-0.39, 0.29) is 27.5 Å². The number of nitrogens with zero attached hydrogens (tertiary/aromatic N) is 3. The molecule has 0 bridgehead atoms. The third kappa shape index (κ3) is 5.20. The van der Waals surface area contributed by atoms with Crippen molar-refractivity contribution in [2.24, 2.45) is 0 Å². The Hall–Kier alpha value is -3.47. The van der Waals surface area contributed by atoms with E-state index in [0.29, 0.717) is 24.5 Å². The lowest BCUT2D eigenvalue weighted by molar-refractivity contribution is -0.137. The molecule has 36 heavy (non-hydrogen) atoms. The van der Waals surface area contributed by atoms with Gasteiger partial charge in [-0.05, 0) is 42.0 Å². The molecule has 0 atom stereocenters. The van der Waals surface area contributed by atoms with Gasteiger partial charge in [0.1, 0.15) is 17.2 Å². The van der Waals surface area contributed by atoms with Crippen molar-refractivity contribution < 1.29 is 22.7 Å². The first-order valence-electron chi connectivity index (χ1n) is 11.2. The van der Waals surface area contributed by atoms with Crippen molar-refractivity contribution in [1.29, 1.82) is 0 Å². The summed E-state index contributed by atoms with van der Waals surface area (Å²) in [5.74, 6) is -0.130. The first-order chi connectivity index (χ1) is 17.3. The van der Waals surface area contributed by atoms with Crippen molar-refractivity contribution in [2.45, 2.75) is 12.7 Å². The highest BCUT2D eigenvalue weighted by Crippen LogP contribution is 2.38. The number of aromatic nitrogens is 3. The predicted molar refractivity (Wildman–Crippen MR) is 130 cm³/mol. The molecule has 1 aliphatic rings. The largest absolute Gasteiger partial charge is 0.417 e. The van der Waals surface area contributed by atoms with Crippen LogP contribution in [0.3, 0.4) is 0 Å². The van der Waals surface area contributed by atoms with Gasteiger partial charge >= 0.3 is 6.18 Å². The number of fused-ring (bicyclic) bond motifs is 1. The van der Waals surface area contributed by atoms with Crippen molar-refractivity contribution in [3.8, 4) is 11.4 Å². The number of H-pyrrole nitrogens is 1. The Bertz CT molecular complexity index is 1400. The number of carbonyl (C=O) groups excluding carboxylic acids is 1. The van der Waals surface area contributed by atoms with E-state index in [2.05, 4.69) is 25.2 Å². The Kier molecular flexibility index (Phi) is 6.65. The van der Waals surface area contributed by atoms with Crippen LogP contribution in [0.25, 0.3) is 22.4 Å². The van der Waals surface area contributed by atoms with E-state index in [9.17, 15) is 18.0 Å². The Morgan fingerprint density at radius 3 is 2.67 bits per heavy atom. The maximum absolute atomic E-state index is 13.6.